The number of nitrogens with two attached hydrogens (primary N) is 1. The van der Waals surface area contributed by atoms with Crippen LogP contribution in [0, 0.1) is 5.82 Å². The second-order valence-corrected chi connectivity index (χ2v) is 3.66. The highest BCUT2D eigenvalue weighted by molar-refractivity contribution is 6.01. The zero-order valence-electron chi connectivity index (χ0n) is 9.06. The van der Waals surface area contributed by atoms with E-state index in [2.05, 4.69) is 4.98 Å². The fourth-order valence-corrected chi connectivity index (χ4v) is 1.56. The van der Waals surface area contributed by atoms with Crippen LogP contribution in [0.3, 0.4) is 0 Å². The monoisotopic (exact) mass is 230 g/mol. The number of nitrogen functional groups attached to an aromatic ring is 1. The van der Waals surface area contributed by atoms with Gasteiger partial charge in [0, 0.05) is 24.4 Å². The van der Waals surface area contributed by atoms with E-state index in [1.165, 1.54) is 18.2 Å². The van der Waals surface area contributed by atoms with E-state index in [1.807, 2.05) is 0 Å². The second-order valence-electron chi connectivity index (χ2n) is 3.66. The zero-order chi connectivity index (χ0) is 12.3. The number of aromatic nitrogens is 1. The fraction of sp³-hybridized carbons (Fsp3) is 0.0769. The lowest BCUT2D eigenvalue weighted by Gasteiger charge is -2.05. The molecule has 0 fully saturated rings. The Morgan fingerprint density at radius 1 is 1.24 bits per heavy atom. The van der Waals surface area contributed by atoms with Crippen LogP contribution in [0.5, 0.6) is 0 Å². The molecule has 0 radical (unpaired) electrons. The molecule has 0 saturated carbocycles. The van der Waals surface area contributed by atoms with Crippen molar-refractivity contribution in [2.75, 3.05) is 5.73 Å². The Kier molecular flexibility index (Phi) is 3.14. The largest absolute Gasteiger partial charge is 0.396 e. The molecule has 0 aliphatic rings. The summed E-state index contributed by atoms with van der Waals surface area (Å²) in [7, 11) is 0. The first-order valence-electron chi connectivity index (χ1n) is 5.14. The normalized spacial score (nSPS) is 10.2. The SMILES string of the molecule is Nc1c(F)cccc1C(=O)Cc1ccncc1. The van der Waals surface area contributed by atoms with Gasteiger partial charge in [0.1, 0.15) is 5.82 Å². The van der Waals surface area contributed by atoms with Crippen molar-refractivity contribution < 1.29 is 9.18 Å². The smallest absolute Gasteiger partial charge is 0.169 e. The summed E-state index contributed by atoms with van der Waals surface area (Å²) in [5.41, 5.74) is 6.49. The number of nitrogens with zero attached hydrogens (tertiary/aromatic N) is 1. The van der Waals surface area contributed by atoms with Gasteiger partial charge in [-0.05, 0) is 29.8 Å². The molecule has 1 aromatic heterocycles. The van der Waals surface area contributed by atoms with E-state index in [4.69, 9.17) is 5.73 Å². The highest BCUT2D eigenvalue weighted by Crippen LogP contribution is 2.17. The minimum absolute atomic E-state index is 0.0912. The van der Waals surface area contributed by atoms with Gasteiger partial charge in [-0.25, -0.2) is 4.39 Å². The Morgan fingerprint density at radius 2 is 1.94 bits per heavy atom. The summed E-state index contributed by atoms with van der Waals surface area (Å²) < 4.78 is 13.2. The molecule has 1 heterocycles. The van der Waals surface area contributed by atoms with Crippen LogP contribution in [0.1, 0.15) is 15.9 Å². The number of Topliss-reactive ketones (excluding diaryl/α,β-unsaturated/α-hetero) is 1. The minimum atomic E-state index is -0.564. The number of carbonyl (C=O) groups excluding carboxylic acids is 1. The van der Waals surface area contributed by atoms with Crippen LogP contribution in [0.15, 0.2) is 42.7 Å². The second kappa shape index (κ2) is 4.74. The zero-order valence-corrected chi connectivity index (χ0v) is 9.06. The molecule has 3 nitrogen and oxygen atoms in total. The molecular weight excluding hydrogens is 219 g/mol. The van der Waals surface area contributed by atoms with Crippen molar-refractivity contribution in [3.63, 3.8) is 0 Å². The first-order chi connectivity index (χ1) is 8.18. The van der Waals surface area contributed by atoms with Gasteiger partial charge in [-0.2, -0.15) is 0 Å². The maximum atomic E-state index is 13.2. The number of anilines is 1. The van der Waals surface area contributed by atoms with E-state index in [1.54, 1.807) is 24.5 Å². The molecule has 4 heteroatoms. The molecule has 2 N–H and O–H groups in total. The molecule has 1 aromatic carbocycles. The number of ketones is 1. The molecule has 86 valence electrons. The van der Waals surface area contributed by atoms with Crippen molar-refractivity contribution in [1.29, 1.82) is 0 Å². The first-order valence-corrected chi connectivity index (χ1v) is 5.14. The molecule has 2 rings (SSSR count). The Hall–Kier alpha value is -2.23. The standard InChI is InChI=1S/C13H11FN2O/c14-11-3-1-2-10(13(11)15)12(17)8-9-4-6-16-7-5-9/h1-7H,8,15H2. The van der Waals surface area contributed by atoms with E-state index in [-0.39, 0.29) is 23.5 Å². The molecule has 0 atom stereocenters. The van der Waals surface area contributed by atoms with Crippen LogP contribution in [0.4, 0.5) is 10.1 Å². The van der Waals surface area contributed by atoms with Crippen molar-refractivity contribution in [1.82, 2.24) is 4.98 Å². The summed E-state index contributed by atoms with van der Waals surface area (Å²) in [5.74, 6) is -0.765. The predicted molar refractivity (Wildman–Crippen MR) is 63.1 cm³/mol. The van der Waals surface area contributed by atoms with Crippen LogP contribution < -0.4 is 5.73 Å². The van der Waals surface area contributed by atoms with Crippen LogP contribution in [-0.2, 0) is 6.42 Å². The van der Waals surface area contributed by atoms with E-state index in [9.17, 15) is 9.18 Å². The molecule has 0 saturated heterocycles. The molecule has 0 unspecified atom stereocenters. The van der Waals surface area contributed by atoms with Crippen LogP contribution >= 0.6 is 0 Å². The Labute approximate surface area is 98.1 Å². The third-order valence-electron chi connectivity index (χ3n) is 2.47. The molecule has 0 amide bonds. The predicted octanol–water partition coefficient (Wildman–Crippen LogP) is 2.23. The van der Waals surface area contributed by atoms with Gasteiger partial charge in [0.05, 0.1) is 5.69 Å². The Morgan fingerprint density at radius 3 is 2.65 bits per heavy atom. The molecular formula is C13H11FN2O. The third kappa shape index (κ3) is 2.47. The topological polar surface area (TPSA) is 56.0 Å². The first kappa shape index (κ1) is 11.3. The van der Waals surface area contributed by atoms with E-state index >= 15 is 0 Å². The summed E-state index contributed by atoms with van der Waals surface area (Å²) in [6.45, 7) is 0. The van der Waals surface area contributed by atoms with E-state index in [0.29, 0.717) is 0 Å². The highest BCUT2D eigenvalue weighted by Gasteiger charge is 2.12. The highest BCUT2D eigenvalue weighted by atomic mass is 19.1. The molecule has 17 heavy (non-hydrogen) atoms. The van der Waals surface area contributed by atoms with Crippen molar-refractivity contribution in [3.8, 4) is 0 Å². The lowest BCUT2D eigenvalue weighted by molar-refractivity contribution is 0.0993. The Bertz CT molecular complexity index is 540. The molecule has 0 aliphatic carbocycles. The van der Waals surface area contributed by atoms with Gasteiger partial charge in [-0.1, -0.05) is 6.07 Å². The number of hydrogen-bond donors (Lipinski definition) is 1. The molecule has 0 spiro atoms. The lowest BCUT2D eigenvalue weighted by Crippen LogP contribution is -2.08. The van der Waals surface area contributed by atoms with Crippen LogP contribution in [0.2, 0.25) is 0 Å². The fourth-order valence-electron chi connectivity index (χ4n) is 1.56. The average Bonchev–Trinajstić information content (AvgIpc) is 2.34. The number of hydrogen-bond acceptors (Lipinski definition) is 3. The lowest BCUT2D eigenvalue weighted by atomic mass is 10.0. The van der Waals surface area contributed by atoms with Crippen molar-refractivity contribution in [2.24, 2.45) is 0 Å². The summed E-state index contributed by atoms with van der Waals surface area (Å²) >= 11 is 0. The van der Waals surface area contributed by atoms with Crippen LogP contribution in [-0.4, -0.2) is 10.8 Å². The third-order valence-corrected chi connectivity index (χ3v) is 2.47. The maximum Gasteiger partial charge on any atom is 0.169 e. The summed E-state index contributed by atoms with van der Waals surface area (Å²) in [6.07, 6.45) is 3.41. The van der Waals surface area contributed by atoms with Gasteiger partial charge in [0.25, 0.3) is 0 Å². The summed E-state index contributed by atoms with van der Waals surface area (Å²) in [5, 5.41) is 0. The van der Waals surface area contributed by atoms with Gasteiger partial charge in [0.2, 0.25) is 0 Å². The number of para-hydroxylation sites is 1. The number of carbonyl (C=O) groups is 1. The van der Waals surface area contributed by atoms with Crippen molar-refractivity contribution in [3.05, 3.63) is 59.7 Å². The van der Waals surface area contributed by atoms with Crippen molar-refractivity contribution in [2.45, 2.75) is 6.42 Å². The number of pyridine rings is 1. The summed E-state index contributed by atoms with van der Waals surface area (Å²) in [6, 6.07) is 7.73. The number of rotatable bonds is 3. The molecule has 0 aliphatic heterocycles. The molecule has 2 aromatic rings. The maximum absolute atomic E-state index is 13.2. The Balaban J connectivity index is 2.24. The van der Waals surface area contributed by atoms with Crippen LogP contribution in [0.25, 0.3) is 0 Å². The average molecular weight is 230 g/mol. The molecule has 0 bridgehead atoms. The van der Waals surface area contributed by atoms with Gasteiger partial charge in [-0.15, -0.1) is 0 Å². The van der Waals surface area contributed by atoms with E-state index < -0.39 is 5.82 Å². The quantitative estimate of drug-likeness (QED) is 0.649. The van der Waals surface area contributed by atoms with Crippen molar-refractivity contribution >= 4 is 11.5 Å². The van der Waals surface area contributed by atoms with Gasteiger partial charge >= 0.3 is 0 Å². The number of halogens is 1. The van der Waals surface area contributed by atoms with Gasteiger partial charge in [0.15, 0.2) is 5.78 Å². The minimum Gasteiger partial charge on any atom is -0.396 e. The van der Waals surface area contributed by atoms with Gasteiger partial charge in [-0.3, -0.25) is 9.78 Å². The number of benzene rings is 1. The van der Waals surface area contributed by atoms with Gasteiger partial charge < -0.3 is 5.73 Å². The van der Waals surface area contributed by atoms with E-state index in [0.717, 1.165) is 5.56 Å². The summed E-state index contributed by atoms with van der Waals surface area (Å²) in [4.78, 5) is 15.8.